The van der Waals surface area contributed by atoms with Crippen molar-refractivity contribution < 1.29 is 19.2 Å². The molecule has 29 heavy (non-hydrogen) atoms. The molecule has 0 aromatic heterocycles. The summed E-state index contributed by atoms with van der Waals surface area (Å²) in [6.07, 6.45) is 2.85. The molecule has 2 rings (SSSR count). The fourth-order valence-corrected chi connectivity index (χ4v) is 2.18. The van der Waals surface area contributed by atoms with E-state index in [1.54, 1.807) is 30.3 Å². The number of rotatable bonds is 6. The number of carbonyl (C=O) groups is 2. The third-order valence-electron chi connectivity index (χ3n) is 3.27. The summed E-state index contributed by atoms with van der Waals surface area (Å²) >= 11 is 10.7. The summed E-state index contributed by atoms with van der Waals surface area (Å²) in [5.74, 6) is -0.778. The van der Waals surface area contributed by atoms with E-state index < -0.39 is 16.7 Å². The normalized spacial score (nSPS) is 10.2. The van der Waals surface area contributed by atoms with Crippen LogP contribution in [0.25, 0.3) is 6.08 Å². The van der Waals surface area contributed by atoms with Gasteiger partial charge in [-0.05, 0) is 48.1 Å². The number of hydrogen-bond donors (Lipinski definition) is 3. The van der Waals surface area contributed by atoms with Gasteiger partial charge in [0.15, 0.2) is 11.7 Å². The molecule has 0 unspecified atom stereocenters. The largest absolute Gasteiger partial charge is 0.484 e. The second-order valence-electron chi connectivity index (χ2n) is 5.42. The van der Waals surface area contributed by atoms with Crippen LogP contribution in [0.4, 0.5) is 5.69 Å². The van der Waals surface area contributed by atoms with Crippen molar-refractivity contribution in [1.82, 2.24) is 16.2 Å². The van der Waals surface area contributed by atoms with E-state index in [1.807, 2.05) is 0 Å². The van der Waals surface area contributed by atoms with E-state index >= 15 is 0 Å². The zero-order valence-corrected chi connectivity index (χ0v) is 16.3. The molecule has 11 heteroatoms. The number of nitrogens with zero attached hydrogens (tertiary/aromatic N) is 1. The molecule has 0 spiro atoms. The van der Waals surface area contributed by atoms with Crippen LogP contribution in [0.15, 0.2) is 54.6 Å². The van der Waals surface area contributed by atoms with Crippen LogP contribution in [0.5, 0.6) is 5.75 Å². The quantitative estimate of drug-likeness (QED) is 0.276. The summed E-state index contributed by atoms with van der Waals surface area (Å²) in [5, 5.41) is 13.4. The maximum absolute atomic E-state index is 11.8. The highest BCUT2D eigenvalue weighted by Gasteiger charge is 2.07. The SMILES string of the molecule is O=C(/C=C/c1ccc(Cl)cc1)NC(=S)NNC(=O)COc1ccc([N+](=O)[O-])cc1. The van der Waals surface area contributed by atoms with Gasteiger partial charge in [0, 0.05) is 23.2 Å². The Hall–Kier alpha value is -3.50. The number of hydrogen-bond acceptors (Lipinski definition) is 6. The van der Waals surface area contributed by atoms with Gasteiger partial charge in [0.2, 0.25) is 5.91 Å². The van der Waals surface area contributed by atoms with Crippen LogP contribution >= 0.6 is 23.8 Å². The molecule has 2 aromatic rings. The first-order valence-electron chi connectivity index (χ1n) is 8.04. The molecule has 0 aliphatic carbocycles. The maximum atomic E-state index is 11.8. The second kappa shape index (κ2) is 10.7. The minimum absolute atomic E-state index is 0.0883. The van der Waals surface area contributed by atoms with Crippen molar-refractivity contribution in [1.29, 1.82) is 0 Å². The fourth-order valence-electron chi connectivity index (χ4n) is 1.91. The highest BCUT2D eigenvalue weighted by Crippen LogP contribution is 2.17. The number of carbonyl (C=O) groups excluding carboxylic acids is 2. The average Bonchev–Trinajstić information content (AvgIpc) is 2.70. The Morgan fingerprint density at radius 3 is 2.38 bits per heavy atom. The van der Waals surface area contributed by atoms with E-state index in [2.05, 4.69) is 16.2 Å². The van der Waals surface area contributed by atoms with Gasteiger partial charge in [-0.3, -0.25) is 35.9 Å². The molecule has 2 amide bonds. The monoisotopic (exact) mass is 434 g/mol. The standard InChI is InChI=1S/C18H15ClN4O5S/c19-13-4-1-12(2-5-13)3-10-16(24)20-18(29)22-21-17(25)11-28-15-8-6-14(7-9-15)23(26)27/h1-10H,11H2,(H,21,25)(H2,20,22,24,29)/b10-3+. The first-order valence-corrected chi connectivity index (χ1v) is 8.83. The van der Waals surface area contributed by atoms with E-state index in [4.69, 9.17) is 28.6 Å². The van der Waals surface area contributed by atoms with Gasteiger partial charge in [-0.2, -0.15) is 0 Å². The van der Waals surface area contributed by atoms with Gasteiger partial charge in [-0.25, -0.2) is 0 Å². The zero-order chi connectivity index (χ0) is 21.2. The number of nitro benzene ring substituents is 1. The van der Waals surface area contributed by atoms with Crippen LogP contribution in [0, 0.1) is 10.1 Å². The number of nitrogens with one attached hydrogen (secondary N) is 3. The average molecular weight is 435 g/mol. The Bertz CT molecular complexity index is 932. The number of non-ortho nitro benzene ring substituents is 1. The number of amides is 2. The van der Waals surface area contributed by atoms with Crippen molar-refractivity contribution >= 4 is 52.5 Å². The third kappa shape index (κ3) is 7.95. The topological polar surface area (TPSA) is 123 Å². The first kappa shape index (κ1) is 21.8. The molecule has 0 aliphatic heterocycles. The molecule has 150 valence electrons. The van der Waals surface area contributed by atoms with Gasteiger partial charge in [-0.15, -0.1) is 0 Å². The Morgan fingerprint density at radius 2 is 1.76 bits per heavy atom. The van der Waals surface area contributed by atoms with Crippen molar-refractivity contribution in [3.05, 3.63) is 75.3 Å². The summed E-state index contributed by atoms with van der Waals surface area (Å²) in [4.78, 5) is 33.5. The fraction of sp³-hybridized carbons (Fsp3) is 0.0556. The van der Waals surface area contributed by atoms with Gasteiger partial charge >= 0.3 is 0 Å². The molecule has 0 bridgehead atoms. The number of halogens is 1. The van der Waals surface area contributed by atoms with Gasteiger partial charge in [0.25, 0.3) is 11.6 Å². The molecule has 0 radical (unpaired) electrons. The Morgan fingerprint density at radius 1 is 1.10 bits per heavy atom. The molecule has 0 aliphatic rings. The molecule has 3 N–H and O–H groups in total. The number of nitro groups is 1. The Kier molecular flexibility index (Phi) is 8.07. The Balaban J connectivity index is 1.69. The van der Waals surface area contributed by atoms with E-state index in [1.165, 1.54) is 30.3 Å². The lowest BCUT2D eigenvalue weighted by Gasteiger charge is -2.10. The molecule has 0 atom stereocenters. The van der Waals surface area contributed by atoms with Crippen molar-refractivity contribution in [2.75, 3.05) is 6.61 Å². The lowest BCUT2D eigenvalue weighted by molar-refractivity contribution is -0.384. The summed E-state index contributed by atoms with van der Waals surface area (Å²) in [5.41, 5.74) is 5.30. The van der Waals surface area contributed by atoms with E-state index in [0.29, 0.717) is 5.02 Å². The van der Waals surface area contributed by atoms with Crippen molar-refractivity contribution in [3.8, 4) is 5.75 Å². The zero-order valence-electron chi connectivity index (χ0n) is 14.8. The van der Waals surface area contributed by atoms with Crippen LogP contribution < -0.4 is 20.9 Å². The predicted molar refractivity (Wildman–Crippen MR) is 111 cm³/mol. The summed E-state index contributed by atoms with van der Waals surface area (Å²) in [7, 11) is 0. The molecule has 0 fully saturated rings. The predicted octanol–water partition coefficient (Wildman–Crippen LogP) is 2.36. The molecule has 9 nitrogen and oxygen atoms in total. The summed E-state index contributed by atoms with van der Waals surface area (Å²) in [6.45, 7) is -0.363. The van der Waals surface area contributed by atoms with Gasteiger partial charge in [0.05, 0.1) is 4.92 Å². The first-order chi connectivity index (χ1) is 13.8. The number of ether oxygens (including phenoxy) is 1. The van der Waals surface area contributed by atoms with Crippen molar-refractivity contribution in [2.45, 2.75) is 0 Å². The maximum Gasteiger partial charge on any atom is 0.276 e. The second-order valence-corrected chi connectivity index (χ2v) is 6.26. The van der Waals surface area contributed by atoms with Crippen LogP contribution in [0.3, 0.4) is 0 Å². The number of thiocarbonyl (C=S) groups is 1. The molecule has 0 saturated heterocycles. The van der Waals surface area contributed by atoms with E-state index in [-0.39, 0.29) is 23.2 Å². The molecular weight excluding hydrogens is 420 g/mol. The van der Waals surface area contributed by atoms with Crippen LogP contribution in [-0.4, -0.2) is 28.5 Å². The van der Waals surface area contributed by atoms with Crippen LogP contribution in [0.2, 0.25) is 5.02 Å². The van der Waals surface area contributed by atoms with Gasteiger partial charge in [0.1, 0.15) is 5.75 Å². The number of hydrazine groups is 1. The molecule has 0 heterocycles. The molecule has 2 aromatic carbocycles. The third-order valence-corrected chi connectivity index (χ3v) is 3.72. The minimum Gasteiger partial charge on any atom is -0.484 e. The highest BCUT2D eigenvalue weighted by molar-refractivity contribution is 7.80. The smallest absolute Gasteiger partial charge is 0.276 e. The van der Waals surface area contributed by atoms with Crippen LogP contribution in [0.1, 0.15) is 5.56 Å². The highest BCUT2D eigenvalue weighted by atomic mass is 35.5. The molecule has 0 saturated carbocycles. The van der Waals surface area contributed by atoms with E-state index in [9.17, 15) is 19.7 Å². The Labute approximate surface area is 175 Å². The summed E-state index contributed by atoms with van der Waals surface area (Å²) in [6, 6.07) is 12.1. The lowest BCUT2D eigenvalue weighted by atomic mass is 10.2. The number of benzene rings is 2. The lowest BCUT2D eigenvalue weighted by Crippen LogP contribution is -2.49. The summed E-state index contributed by atoms with van der Waals surface area (Å²) < 4.78 is 5.19. The van der Waals surface area contributed by atoms with Gasteiger partial charge in [-0.1, -0.05) is 23.7 Å². The van der Waals surface area contributed by atoms with Crippen molar-refractivity contribution in [3.63, 3.8) is 0 Å². The minimum atomic E-state index is -0.573. The van der Waals surface area contributed by atoms with Gasteiger partial charge < -0.3 is 4.74 Å². The van der Waals surface area contributed by atoms with E-state index in [0.717, 1.165) is 5.56 Å². The van der Waals surface area contributed by atoms with Crippen LogP contribution in [-0.2, 0) is 9.59 Å². The van der Waals surface area contributed by atoms with Crippen molar-refractivity contribution in [2.24, 2.45) is 0 Å². The molecular formula is C18H15ClN4O5S.